The zero-order chi connectivity index (χ0) is 12.4. The van der Waals surface area contributed by atoms with Crippen LogP contribution in [0.25, 0.3) is 0 Å². The maximum atomic E-state index is 11.8. The minimum absolute atomic E-state index is 0.336. The molecule has 88 valence electrons. The quantitative estimate of drug-likeness (QED) is 0.678. The molecule has 0 saturated heterocycles. The predicted molar refractivity (Wildman–Crippen MR) is 64.5 cm³/mol. The lowest BCUT2D eigenvalue weighted by atomic mass is 10.1. The lowest BCUT2D eigenvalue weighted by Gasteiger charge is -2.04. The van der Waals surface area contributed by atoms with Gasteiger partial charge in [-0.3, -0.25) is 4.79 Å². The Hall–Kier alpha value is -2.50. The summed E-state index contributed by atoms with van der Waals surface area (Å²) in [7, 11) is 0. The van der Waals surface area contributed by atoms with Gasteiger partial charge in [0.1, 0.15) is 5.76 Å². The molecule has 0 spiro atoms. The zero-order valence-electron chi connectivity index (χ0n) is 9.23. The molecule has 0 aliphatic rings. The number of aromatic nitrogens is 1. The second kappa shape index (κ2) is 4.17. The Bertz CT molecular complexity index is 542. The van der Waals surface area contributed by atoms with Crippen molar-refractivity contribution in [3.63, 3.8) is 0 Å². The van der Waals surface area contributed by atoms with Crippen LogP contribution in [0.4, 0.5) is 17.2 Å². The van der Waals surface area contributed by atoms with E-state index in [0.29, 0.717) is 28.5 Å². The molecule has 0 bridgehead atoms. The average Bonchev–Trinajstić information content (AvgIpc) is 2.62. The minimum atomic E-state index is -0.336. The van der Waals surface area contributed by atoms with Crippen LogP contribution in [0, 0.1) is 6.92 Å². The highest BCUT2D eigenvalue weighted by Gasteiger charge is 2.09. The Morgan fingerprint density at radius 1 is 1.24 bits per heavy atom. The molecule has 0 aliphatic heterocycles. The van der Waals surface area contributed by atoms with Gasteiger partial charge in [0, 0.05) is 23.0 Å². The summed E-state index contributed by atoms with van der Waals surface area (Å²) in [6.45, 7) is 1.74. The van der Waals surface area contributed by atoms with Crippen LogP contribution >= 0.6 is 0 Å². The second-order valence-electron chi connectivity index (χ2n) is 3.67. The fourth-order valence-corrected chi connectivity index (χ4v) is 1.42. The first-order valence-electron chi connectivity index (χ1n) is 4.95. The topological polar surface area (TPSA) is 107 Å². The summed E-state index contributed by atoms with van der Waals surface area (Å²) in [5.74, 6) is 0.637. The van der Waals surface area contributed by atoms with E-state index in [2.05, 4.69) is 10.5 Å². The lowest BCUT2D eigenvalue weighted by Crippen LogP contribution is -2.12. The van der Waals surface area contributed by atoms with E-state index in [9.17, 15) is 4.79 Å². The van der Waals surface area contributed by atoms with Gasteiger partial charge in [-0.15, -0.1) is 0 Å². The van der Waals surface area contributed by atoms with Crippen molar-refractivity contribution < 1.29 is 9.32 Å². The maximum absolute atomic E-state index is 11.8. The van der Waals surface area contributed by atoms with Crippen LogP contribution in [-0.2, 0) is 0 Å². The van der Waals surface area contributed by atoms with Crippen molar-refractivity contribution in [1.82, 2.24) is 5.16 Å². The second-order valence-corrected chi connectivity index (χ2v) is 3.67. The molecule has 1 amide bonds. The molecule has 1 heterocycles. The molecule has 2 aromatic rings. The Kier molecular flexibility index (Phi) is 2.70. The van der Waals surface area contributed by atoms with Crippen molar-refractivity contribution in [3.8, 4) is 0 Å². The molecule has 0 saturated carbocycles. The summed E-state index contributed by atoms with van der Waals surface area (Å²) in [6.07, 6.45) is 0. The molecule has 2 rings (SSSR count). The SMILES string of the molecule is Cc1cc(NC(=O)c2cc(N)cc(N)c2)no1. The molecule has 0 aliphatic carbocycles. The van der Waals surface area contributed by atoms with Gasteiger partial charge >= 0.3 is 0 Å². The van der Waals surface area contributed by atoms with Gasteiger partial charge in [0.05, 0.1) is 0 Å². The van der Waals surface area contributed by atoms with Gasteiger partial charge in [-0.1, -0.05) is 5.16 Å². The number of rotatable bonds is 2. The normalized spacial score (nSPS) is 10.2. The van der Waals surface area contributed by atoms with Crippen LogP contribution in [0.15, 0.2) is 28.8 Å². The fourth-order valence-electron chi connectivity index (χ4n) is 1.42. The third kappa shape index (κ3) is 2.54. The number of nitrogens with two attached hydrogens (primary N) is 2. The molecule has 17 heavy (non-hydrogen) atoms. The number of carbonyl (C=O) groups excluding carboxylic acids is 1. The Morgan fingerprint density at radius 3 is 2.41 bits per heavy atom. The number of hydrogen-bond donors (Lipinski definition) is 3. The van der Waals surface area contributed by atoms with Crippen LogP contribution in [0.5, 0.6) is 0 Å². The standard InChI is InChI=1S/C11H12N4O2/c1-6-2-10(15-17-6)14-11(16)7-3-8(12)5-9(13)4-7/h2-5H,12-13H2,1H3,(H,14,15,16). The van der Waals surface area contributed by atoms with E-state index in [1.54, 1.807) is 31.2 Å². The number of benzene rings is 1. The monoisotopic (exact) mass is 232 g/mol. The number of carbonyl (C=O) groups is 1. The Morgan fingerprint density at radius 2 is 1.88 bits per heavy atom. The number of aryl methyl sites for hydroxylation is 1. The van der Waals surface area contributed by atoms with Crippen molar-refractivity contribution in [2.75, 3.05) is 16.8 Å². The highest BCUT2D eigenvalue weighted by Crippen LogP contribution is 2.15. The largest absolute Gasteiger partial charge is 0.399 e. The molecular formula is C11H12N4O2. The van der Waals surface area contributed by atoms with Gasteiger partial charge in [-0.05, 0) is 25.1 Å². The van der Waals surface area contributed by atoms with Crippen LogP contribution in [-0.4, -0.2) is 11.1 Å². The van der Waals surface area contributed by atoms with Gasteiger partial charge in [0.25, 0.3) is 5.91 Å². The summed E-state index contributed by atoms with van der Waals surface area (Å²) in [6, 6.07) is 6.28. The summed E-state index contributed by atoms with van der Waals surface area (Å²) in [5, 5.41) is 6.24. The summed E-state index contributed by atoms with van der Waals surface area (Å²) in [4.78, 5) is 11.8. The van der Waals surface area contributed by atoms with Crippen LogP contribution in [0.1, 0.15) is 16.1 Å². The number of hydrogen-bond acceptors (Lipinski definition) is 5. The number of amides is 1. The maximum Gasteiger partial charge on any atom is 0.257 e. The summed E-state index contributed by atoms with van der Waals surface area (Å²) >= 11 is 0. The van der Waals surface area contributed by atoms with Gasteiger partial charge in [-0.2, -0.15) is 0 Å². The molecule has 0 fully saturated rings. The number of nitrogens with zero attached hydrogens (tertiary/aromatic N) is 1. The number of nitrogen functional groups attached to an aromatic ring is 2. The van der Waals surface area contributed by atoms with Crippen molar-refractivity contribution in [2.45, 2.75) is 6.92 Å². The molecule has 0 radical (unpaired) electrons. The zero-order valence-corrected chi connectivity index (χ0v) is 9.23. The van der Waals surface area contributed by atoms with Crippen molar-refractivity contribution in [2.24, 2.45) is 0 Å². The Balaban J connectivity index is 2.19. The molecule has 0 unspecified atom stereocenters. The van der Waals surface area contributed by atoms with E-state index in [1.807, 2.05) is 0 Å². The number of nitrogens with one attached hydrogen (secondary N) is 1. The first kappa shape index (κ1) is 11.0. The van der Waals surface area contributed by atoms with E-state index in [4.69, 9.17) is 16.0 Å². The van der Waals surface area contributed by atoms with Crippen molar-refractivity contribution in [1.29, 1.82) is 0 Å². The first-order valence-corrected chi connectivity index (χ1v) is 4.95. The number of anilines is 3. The van der Waals surface area contributed by atoms with E-state index in [0.717, 1.165) is 0 Å². The fraction of sp³-hybridized carbons (Fsp3) is 0.0909. The minimum Gasteiger partial charge on any atom is -0.399 e. The third-order valence-electron chi connectivity index (χ3n) is 2.11. The summed E-state index contributed by atoms with van der Waals surface area (Å²) < 4.78 is 4.83. The van der Waals surface area contributed by atoms with E-state index in [1.165, 1.54) is 0 Å². The molecule has 0 atom stereocenters. The van der Waals surface area contributed by atoms with E-state index >= 15 is 0 Å². The molecule has 5 N–H and O–H groups in total. The molecule has 6 nitrogen and oxygen atoms in total. The van der Waals surface area contributed by atoms with Gasteiger partial charge in [-0.25, -0.2) is 0 Å². The first-order chi connectivity index (χ1) is 8.04. The lowest BCUT2D eigenvalue weighted by molar-refractivity contribution is 0.102. The van der Waals surface area contributed by atoms with Gasteiger partial charge < -0.3 is 21.3 Å². The third-order valence-corrected chi connectivity index (χ3v) is 2.11. The Labute approximate surface area is 97.6 Å². The van der Waals surface area contributed by atoms with Gasteiger partial charge in [0.2, 0.25) is 0 Å². The van der Waals surface area contributed by atoms with E-state index < -0.39 is 0 Å². The average molecular weight is 232 g/mol. The van der Waals surface area contributed by atoms with E-state index in [-0.39, 0.29) is 5.91 Å². The van der Waals surface area contributed by atoms with Crippen molar-refractivity contribution in [3.05, 3.63) is 35.6 Å². The van der Waals surface area contributed by atoms with Crippen LogP contribution in [0.2, 0.25) is 0 Å². The van der Waals surface area contributed by atoms with Crippen LogP contribution < -0.4 is 16.8 Å². The predicted octanol–water partition coefficient (Wildman–Crippen LogP) is 1.40. The van der Waals surface area contributed by atoms with Gasteiger partial charge in [0.15, 0.2) is 5.82 Å². The molecule has 1 aromatic heterocycles. The highest BCUT2D eigenvalue weighted by molar-refractivity contribution is 6.04. The molecule has 6 heteroatoms. The van der Waals surface area contributed by atoms with Crippen LogP contribution in [0.3, 0.4) is 0 Å². The summed E-state index contributed by atoms with van der Waals surface area (Å²) in [5.41, 5.74) is 12.5. The molecule has 1 aromatic carbocycles. The smallest absolute Gasteiger partial charge is 0.257 e. The highest BCUT2D eigenvalue weighted by atomic mass is 16.5. The molecular weight excluding hydrogens is 220 g/mol. The van der Waals surface area contributed by atoms with Crippen molar-refractivity contribution >= 4 is 23.1 Å².